The molecule has 4 heterocycles. The van der Waals surface area contributed by atoms with E-state index in [9.17, 15) is 4.79 Å². The maximum Gasteiger partial charge on any atom is 0.279 e. The minimum atomic E-state index is -0.177. The molecule has 5 rings (SSSR count). The molecule has 4 aromatic heterocycles. The predicted molar refractivity (Wildman–Crippen MR) is 125 cm³/mol. The van der Waals surface area contributed by atoms with Gasteiger partial charge in [-0.25, -0.2) is 9.97 Å². The quantitative estimate of drug-likeness (QED) is 0.373. The summed E-state index contributed by atoms with van der Waals surface area (Å²) in [6.45, 7) is 4.63. The Morgan fingerprint density at radius 2 is 1.97 bits per heavy atom. The van der Waals surface area contributed by atoms with Crippen LogP contribution in [0.3, 0.4) is 0 Å². The largest absolute Gasteiger partial charge is 0.492 e. The lowest BCUT2D eigenvalue weighted by atomic mass is 10.2. The van der Waals surface area contributed by atoms with Crippen molar-refractivity contribution in [1.82, 2.24) is 19.4 Å². The Hall–Kier alpha value is -3.78. The van der Waals surface area contributed by atoms with Gasteiger partial charge in [0.05, 0.1) is 29.2 Å². The molecule has 1 aromatic carbocycles. The molecule has 0 atom stereocenters. The van der Waals surface area contributed by atoms with Crippen LogP contribution in [0.4, 0.5) is 5.13 Å². The number of aromatic nitrogens is 4. The van der Waals surface area contributed by atoms with Gasteiger partial charge in [-0.1, -0.05) is 29.5 Å². The number of thiazole rings is 1. The van der Waals surface area contributed by atoms with Gasteiger partial charge in [0, 0.05) is 12.4 Å². The number of para-hydroxylation sites is 1. The van der Waals surface area contributed by atoms with Crippen molar-refractivity contribution in [2.75, 3.05) is 11.5 Å². The summed E-state index contributed by atoms with van der Waals surface area (Å²) >= 11 is 1.46. The molecular formula is C24H21N5O2S. The number of ether oxygens (including phenoxy) is 1. The van der Waals surface area contributed by atoms with Crippen LogP contribution < -0.4 is 9.64 Å². The number of imidazole rings is 1. The molecule has 0 spiro atoms. The molecule has 0 N–H and O–H groups in total. The Morgan fingerprint density at radius 3 is 2.78 bits per heavy atom. The van der Waals surface area contributed by atoms with E-state index >= 15 is 0 Å². The standard InChI is InChI=1S/C24H21N5O2S/c1-3-31-18-10-8-11-19-21(18)27-24(32-19)29(15-17-9-4-6-13-25-17)23(30)22-16(2)26-20-12-5-7-14-28(20)22/h4-14H,3,15H2,1-2H3. The van der Waals surface area contributed by atoms with Gasteiger partial charge in [0.2, 0.25) is 0 Å². The first-order valence-corrected chi connectivity index (χ1v) is 11.1. The predicted octanol–water partition coefficient (Wildman–Crippen LogP) is 4.89. The van der Waals surface area contributed by atoms with Crippen LogP contribution in [-0.4, -0.2) is 31.9 Å². The van der Waals surface area contributed by atoms with E-state index in [0.717, 1.165) is 21.6 Å². The molecule has 0 aliphatic heterocycles. The highest BCUT2D eigenvalue weighted by Crippen LogP contribution is 2.35. The average molecular weight is 444 g/mol. The number of rotatable bonds is 6. The van der Waals surface area contributed by atoms with E-state index in [1.54, 1.807) is 11.1 Å². The highest BCUT2D eigenvalue weighted by molar-refractivity contribution is 7.22. The van der Waals surface area contributed by atoms with Crippen molar-refractivity contribution in [3.05, 3.63) is 84.1 Å². The van der Waals surface area contributed by atoms with E-state index in [0.29, 0.717) is 35.4 Å². The second-order valence-corrected chi connectivity index (χ2v) is 8.23. The zero-order valence-electron chi connectivity index (χ0n) is 17.7. The number of carbonyl (C=O) groups excluding carboxylic acids is 1. The summed E-state index contributed by atoms with van der Waals surface area (Å²) in [6, 6.07) is 17.2. The molecule has 5 aromatic rings. The molecule has 0 aliphatic rings. The molecular weight excluding hydrogens is 422 g/mol. The van der Waals surface area contributed by atoms with Crippen molar-refractivity contribution < 1.29 is 9.53 Å². The molecule has 32 heavy (non-hydrogen) atoms. The third kappa shape index (κ3) is 3.58. The fourth-order valence-corrected chi connectivity index (χ4v) is 4.66. The van der Waals surface area contributed by atoms with E-state index < -0.39 is 0 Å². The van der Waals surface area contributed by atoms with Gasteiger partial charge in [0.15, 0.2) is 5.13 Å². The van der Waals surface area contributed by atoms with Gasteiger partial charge >= 0.3 is 0 Å². The van der Waals surface area contributed by atoms with Gasteiger partial charge in [-0.15, -0.1) is 0 Å². The van der Waals surface area contributed by atoms with E-state index in [-0.39, 0.29) is 5.91 Å². The number of benzene rings is 1. The summed E-state index contributed by atoms with van der Waals surface area (Å²) < 4.78 is 8.53. The van der Waals surface area contributed by atoms with Crippen molar-refractivity contribution in [2.45, 2.75) is 20.4 Å². The molecule has 0 radical (unpaired) electrons. The zero-order chi connectivity index (χ0) is 22.1. The summed E-state index contributed by atoms with van der Waals surface area (Å²) in [6.07, 6.45) is 3.58. The van der Waals surface area contributed by atoms with Crippen molar-refractivity contribution in [2.24, 2.45) is 0 Å². The topological polar surface area (TPSA) is 72.6 Å². The van der Waals surface area contributed by atoms with Gasteiger partial charge in [0.25, 0.3) is 5.91 Å². The zero-order valence-corrected chi connectivity index (χ0v) is 18.5. The summed E-state index contributed by atoms with van der Waals surface area (Å²) in [4.78, 5) is 29.4. The van der Waals surface area contributed by atoms with Crippen LogP contribution in [0.15, 0.2) is 67.0 Å². The number of fused-ring (bicyclic) bond motifs is 2. The van der Waals surface area contributed by atoms with Crippen LogP contribution in [0.5, 0.6) is 5.75 Å². The molecule has 1 amide bonds. The molecule has 0 saturated carbocycles. The number of pyridine rings is 2. The van der Waals surface area contributed by atoms with Crippen molar-refractivity contribution in [1.29, 1.82) is 0 Å². The fourth-order valence-electron chi connectivity index (χ4n) is 3.68. The van der Waals surface area contributed by atoms with Gasteiger partial charge in [-0.3, -0.25) is 19.1 Å². The first-order valence-electron chi connectivity index (χ1n) is 10.3. The maximum absolute atomic E-state index is 13.9. The summed E-state index contributed by atoms with van der Waals surface area (Å²) in [5, 5.41) is 0.591. The summed E-state index contributed by atoms with van der Waals surface area (Å²) in [7, 11) is 0. The first-order chi connectivity index (χ1) is 15.7. The van der Waals surface area contributed by atoms with Crippen LogP contribution in [-0.2, 0) is 6.54 Å². The van der Waals surface area contributed by atoms with E-state index in [4.69, 9.17) is 9.72 Å². The average Bonchev–Trinajstić information content (AvgIpc) is 3.39. The maximum atomic E-state index is 13.9. The monoisotopic (exact) mass is 443 g/mol. The normalized spacial score (nSPS) is 11.2. The number of hydrogen-bond donors (Lipinski definition) is 0. The second-order valence-electron chi connectivity index (χ2n) is 7.22. The van der Waals surface area contributed by atoms with Gasteiger partial charge in [0.1, 0.15) is 22.6 Å². The fraction of sp³-hybridized carbons (Fsp3) is 0.167. The number of nitrogens with zero attached hydrogens (tertiary/aromatic N) is 5. The SMILES string of the molecule is CCOc1cccc2sc(N(Cc3ccccn3)C(=O)c3c(C)nc4ccccn34)nc12. The molecule has 0 unspecified atom stereocenters. The number of amides is 1. The van der Waals surface area contributed by atoms with Crippen LogP contribution in [0.2, 0.25) is 0 Å². The van der Waals surface area contributed by atoms with Crippen LogP contribution in [0, 0.1) is 6.92 Å². The van der Waals surface area contributed by atoms with Gasteiger partial charge in [-0.05, 0) is 50.2 Å². The number of anilines is 1. The molecule has 8 heteroatoms. The van der Waals surface area contributed by atoms with E-state index in [2.05, 4.69) is 9.97 Å². The highest BCUT2D eigenvalue weighted by atomic mass is 32.1. The molecule has 0 aliphatic carbocycles. The summed E-state index contributed by atoms with van der Waals surface area (Å²) in [5.74, 6) is 0.535. The number of hydrogen-bond acceptors (Lipinski definition) is 6. The smallest absolute Gasteiger partial charge is 0.279 e. The Morgan fingerprint density at radius 1 is 1.09 bits per heavy atom. The molecule has 160 valence electrons. The van der Waals surface area contributed by atoms with Crippen molar-refractivity contribution in [3.8, 4) is 5.75 Å². The minimum Gasteiger partial charge on any atom is -0.492 e. The van der Waals surface area contributed by atoms with Crippen molar-refractivity contribution in [3.63, 3.8) is 0 Å². The van der Waals surface area contributed by atoms with E-state index in [1.807, 2.05) is 79.0 Å². The highest BCUT2D eigenvalue weighted by Gasteiger charge is 2.27. The minimum absolute atomic E-state index is 0.177. The Labute approximate surface area is 189 Å². The van der Waals surface area contributed by atoms with E-state index in [1.165, 1.54) is 11.3 Å². The van der Waals surface area contributed by atoms with Crippen LogP contribution in [0.25, 0.3) is 15.9 Å². The lowest BCUT2D eigenvalue weighted by molar-refractivity contribution is 0.0978. The molecule has 0 saturated heterocycles. The van der Waals surface area contributed by atoms with Crippen LogP contribution >= 0.6 is 11.3 Å². The van der Waals surface area contributed by atoms with Crippen molar-refractivity contribution >= 4 is 38.2 Å². The Bertz CT molecular complexity index is 1410. The first kappa shape index (κ1) is 20.1. The number of carbonyl (C=O) groups is 1. The van der Waals surface area contributed by atoms with Crippen LogP contribution in [0.1, 0.15) is 28.8 Å². The Kier molecular flexibility index (Phi) is 5.28. The third-order valence-electron chi connectivity index (χ3n) is 5.10. The van der Waals surface area contributed by atoms with Gasteiger partial charge in [-0.2, -0.15) is 0 Å². The number of aryl methyl sites for hydroxylation is 1. The van der Waals surface area contributed by atoms with Gasteiger partial charge < -0.3 is 4.74 Å². The molecule has 7 nitrogen and oxygen atoms in total. The lowest BCUT2D eigenvalue weighted by Crippen LogP contribution is -2.32. The Balaban J connectivity index is 1.64. The summed E-state index contributed by atoms with van der Waals surface area (Å²) in [5.41, 5.74) is 3.44. The molecule has 0 fully saturated rings. The molecule has 0 bridgehead atoms. The third-order valence-corrected chi connectivity index (χ3v) is 6.14. The lowest BCUT2D eigenvalue weighted by Gasteiger charge is -2.19. The second kappa shape index (κ2) is 8.39.